The third kappa shape index (κ3) is 2.50. The number of thioether (sulfide) groups is 1. The highest BCUT2D eigenvalue weighted by molar-refractivity contribution is 7.99. The van der Waals surface area contributed by atoms with E-state index in [0.717, 1.165) is 25.2 Å². The molecular weight excluding hydrogens is 252 g/mol. The Bertz CT molecular complexity index is 470. The zero-order valence-corrected chi connectivity index (χ0v) is 12.8. The van der Waals surface area contributed by atoms with Crippen LogP contribution in [0.25, 0.3) is 0 Å². The van der Waals surface area contributed by atoms with Crippen molar-refractivity contribution < 1.29 is 0 Å². The fourth-order valence-electron chi connectivity index (χ4n) is 3.45. The molecule has 0 radical (unpaired) electrons. The number of hydrogen-bond acceptors (Lipinski definition) is 3. The van der Waals surface area contributed by atoms with Gasteiger partial charge in [0.15, 0.2) is 0 Å². The van der Waals surface area contributed by atoms with Crippen molar-refractivity contribution in [3.05, 3.63) is 29.3 Å². The van der Waals surface area contributed by atoms with Crippen LogP contribution in [-0.4, -0.2) is 29.0 Å². The molecule has 1 unspecified atom stereocenters. The van der Waals surface area contributed by atoms with Gasteiger partial charge in [0.05, 0.1) is 0 Å². The Balaban J connectivity index is 1.82. The summed E-state index contributed by atoms with van der Waals surface area (Å²) in [4.78, 5) is 2.69. The number of nitrogen functional groups attached to an aromatic ring is 1. The molecule has 0 spiro atoms. The molecule has 1 saturated heterocycles. The van der Waals surface area contributed by atoms with Crippen LogP contribution >= 0.6 is 11.8 Å². The lowest BCUT2D eigenvalue weighted by molar-refractivity contribution is 0.0856. The van der Waals surface area contributed by atoms with E-state index < -0.39 is 0 Å². The van der Waals surface area contributed by atoms with Crippen molar-refractivity contribution in [1.29, 1.82) is 0 Å². The molecule has 2 aliphatic rings. The normalized spacial score (nSPS) is 26.9. The maximum atomic E-state index is 6.10. The van der Waals surface area contributed by atoms with E-state index in [0.29, 0.717) is 11.5 Å². The fraction of sp³-hybridized carbons (Fsp3) is 0.625. The molecule has 0 bridgehead atoms. The van der Waals surface area contributed by atoms with Crippen LogP contribution in [-0.2, 0) is 13.0 Å². The number of hydrogen-bond donors (Lipinski definition) is 1. The molecular formula is C16H24N2S. The summed E-state index contributed by atoms with van der Waals surface area (Å²) in [7, 11) is 0. The van der Waals surface area contributed by atoms with Gasteiger partial charge in [0.2, 0.25) is 0 Å². The second-order valence-corrected chi connectivity index (χ2v) is 7.68. The van der Waals surface area contributed by atoms with Crippen molar-refractivity contribution in [1.82, 2.24) is 4.90 Å². The smallest absolute Gasteiger partial charge is 0.0350 e. The van der Waals surface area contributed by atoms with Gasteiger partial charge in [0.25, 0.3) is 0 Å². The van der Waals surface area contributed by atoms with E-state index in [-0.39, 0.29) is 0 Å². The van der Waals surface area contributed by atoms with Gasteiger partial charge in [-0.05, 0) is 41.2 Å². The summed E-state index contributed by atoms with van der Waals surface area (Å²) < 4.78 is 0. The number of nitrogens with two attached hydrogens (primary N) is 1. The third-order valence-electron chi connectivity index (χ3n) is 4.84. The molecule has 1 aromatic carbocycles. The minimum atomic E-state index is 0.447. The Kier molecular flexibility index (Phi) is 3.52. The lowest BCUT2D eigenvalue weighted by Gasteiger charge is -2.46. The van der Waals surface area contributed by atoms with Gasteiger partial charge < -0.3 is 5.73 Å². The first-order valence-corrected chi connectivity index (χ1v) is 8.41. The second-order valence-electron chi connectivity index (χ2n) is 6.53. The van der Waals surface area contributed by atoms with Crippen LogP contribution < -0.4 is 5.73 Å². The Labute approximate surface area is 120 Å². The molecule has 2 N–H and O–H groups in total. The number of fused-ring (bicyclic) bond motifs is 1. The lowest BCUT2D eigenvalue weighted by Crippen LogP contribution is -2.50. The van der Waals surface area contributed by atoms with E-state index in [4.69, 9.17) is 5.73 Å². The van der Waals surface area contributed by atoms with Crippen LogP contribution in [0.15, 0.2) is 18.2 Å². The summed E-state index contributed by atoms with van der Waals surface area (Å²) in [5.41, 5.74) is 10.4. The zero-order valence-electron chi connectivity index (χ0n) is 12.0. The van der Waals surface area contributed by atoms with Gasteiger partial charge in [0.1, 0.15) is 0 Å². The van der Waals surface area contributed by atoms with Crippen LogP contribution in [0.2, 0.25) is 0 Å². The molecule has 2 heterocycles. The molecule has 2 nitrogen and oxygen atoms in total. The molecule has 0 saturated carbocycles. The first-order chi connectivity index (χ1) is 9.08. The SMILES string of the molecule is CC1(C)CCSCC1N1CCc2c(N)cccc2C1. The third-order valence-corrected chi connectivity index (χ3v) is 5.89. The summed E-state index contributed by atoms with van der Waals surface area (Å²) >= 11 is 2.12. The van der Waals surface area contributed by atoms with Gasteiger partial charge in [-0.1, -0.05) is 26.0 Å². The molecule has 0 aliphatic carbocycles. The molecule has 0 amide bonds. The van der Waals surface area contributed by atoms with E-state index in [9.17, 15) is 0 Å². The van der Waals surface area contributed by atoms with Crippen molar-refractivity contribution in [2.24, 2.45) is 5.41 Å². The summed E-state index contributed by atoms with van der Waals surface area (Å²) in [6.07, 6.45) is 2.45. The van der Waals surface area contributed by atoms with Gasteiger partial charge in [-0.25, -0.2) is 0 Å². The van der Waals surface area contributed by atoms with Crippen molar-refractivity contribution in [2.75, 3.05) is 23.8 Å². The quantitative estimate of drug-likeness (QED) is 0.799. The monoisotopic (exact) mass is 276 g/mol. The molecule has 3 heteroatoms. The van der Waals surface area contributed by atoms with Crippen molar-refractivity contribution in [3.8, 4) is 0 Å². The Hall–Kier alpha value is -0.670. The second kappa shape index (κ2) is 5.02. The molecule has 1 aromatic rings. The minimum Gasteiger partial charge on any atom is -0.398 e. The summed E-state index contributed by atoms with van der Waals surface area (Å²) in [5, 5.41) is 0. The van der Waals surface area contributed by atoms with E-state index >= 15 is 0 Å². The molecule has 1 atom stereocenters. The van der Waals surface area contributed by atoms with Crippen LogP contribution in [0.4, 0.5) is 5.69 Å². The minimum absolute atomic E-state index is 0.447. The summed E-state index contributed by atoms with van der Waals surface area (Å²) in [6, 6.07) is 7.09. The van der Waals surface area contributed by atoms with Crippen LogP contribution in [0.3, 0.4) is 0 Å². The number of rotatable bonds is 1. The number of anilines is 1. The highest BCUT2D eigenvalue weighted by Crippen LogP contribution is 2.39. The Morgan fingerprint density at radius 3 is 3.00 bits per heavy atom. The molecule has 2 aliphatic heterocycles. The fourth-order valence-corrected chi connectivity index (χ4v) is 5.17. The van der Waals surface area contributed by atoms with Crippen molar-refractivity contribution >= 4 is 17.4 Å². The van der Waals surface area contributed by atoms with E-state index in [1.165, 1.54) is 29.1 Å². The first-order valence-electron chi connectivity index (χ1n) is 7.26. The maximum Gasteiger partial charge on any atom is 0.0350 e. The molecule has 104 valence electrons. The summed E-state index contributed by atoms with van der Waals surface area (Å²) in [6.45, 7) is 7.11. The standard InChI is InChI=1S/C16H24N2S/c1-16(2)7-9-19-11-15(16)18-8-6-13-12(10-18)4-3-5-14(13)17/h3-5,15H,6-11,17H2,1-2H3. The maximum absolute atomic E-state index is 6.10. The number of benzene rings is 1. The van der Waals surface area contributed by atoms with Crippen LogP contribution in [0, 0.1) is 5.41 Å². The molecule has 0 aromatic heterocycles. The zero-order chi connectivity index (χ0) is 13.5. The van der Waals surface area contributed by atoms with Gasteiger partial charge in [-0.15, -0.1) is 0 Å². The average molecular weight is 276 g/mol. The highest BCUT2D eigenvalue weighted by atomic mass is 32.2. The highest BCUT2D eigenvalue weighted by Gasteiger charge is 2.37. The predicted molar refractivity (Wildman–Crippen MR) is 84.5 cm³/mol. The summed E-state index contributed by atoms with van der Waals surface area (Å²) in [5.74, 6) is 2.60. The van der Waals surface area contributed by atoms with E-state index in [2.05, 4.69) is 42.6 Å². The lowest BCUT2D eigenvalue weighted by atomic mass is 9.80. The molecule has 19 heavy (non-hydrogen) atoms. The van der Waals surface area contributed by atoms with Gasteiger partial charge in [-0.2, -0.15) is 11.8 Å². The van der Waals surface area contributed by atoms with Crippen molar-refractivity contribution in [3.63, 3.8) is 0 Å². The molecule has 3 rings (SSSR count). The topological polar surface area (TPSA) is 29.3 Å². The first kappa shape index (κ1) is 13.3. The van der Waals surface area contributed by atoms with E-state index in [1.807, 2.05) is 6.07 Å². The van der Waals surface area contributed by atoms with Crippen LogP contribution in [0.5, 0.6) is 0 Å². The predicted octanol–water partition coefficient (Wildman–Crippen LogP) is 3.16. The van der Waals surface area contributed by atoms with Gasteiger partial charge >= 0.3 is 0 Å². The van der Waals surface area contributed by atoms with Gasteiger partial charge in [0, 0.05) is 30.6 Å². The number of nitrogens with zero attached hydrogens (tertiary/aromatic N) is 1. The Morgan fingerprint density at radius 2 is 2.21 bits per heavy atom. The van der Waals surface area contributed by atoms with Crippen molar-refractivity contribution in [2.45, 2.75) is 39.3 Å². The largest absolute Gasteiger partial charge is 0.398 e. The van der Waals surface area contributed by atoms with E-state index in [1.54, 1.807) is 0 Å². The van der Waals surface area contributed by atoms with Gasteiger partial charge in [-0.3, -0.25) is 4.90 Å². The average Bonchev–Trinajstić information content (AvgIpc) is 2.38. The molecule has 1 fully saturated rings. The van der Waals surface area contributed by atoms with Crippen LogP contribution in [0.1, 0.15) is 31.4 Å². The Morgan fingerprint density at radius 1 is 1.37 bits per heavy atom.